The summed E-state index contributed by atoms with van der Waals surface area (Å²) >= 11 is 0. The topological polar surface area (TPSA) is 20.2 Å². The van der Waals surface area contributed by atoms with Gasteiger partial charge in [0.15, 0.2) is 0 Å². The summed E-state index contributed by atoms with van der Waals surface area (Å²) in [5.74, 6) is 0.407. The van der Waals surface area contributed by atoms with Crippen molar-refractivity contribution in [1.82, 2.24) is 0 Å². The second kappa shape index (κ2) is 4.82. The quantitative estimate of drug-likeness (QED) is 0.533. The van der Waals surface area contributed by atoms with Crippen LogP contribution in [0.2, 0.25) is 0 Å². The predicted molar refractivity (Wildman–Crippen MR) is 26.5 cm³/mol. The van der Waals surface area contributed by atoms with Crippen molar-refractivity contribution >= 4 is 0 Å². The summed E-state index contributed by atoms with van der Waals surface area (Å²) < 4.78 is 0. The molecule has 0 fully saturated rings. The zero-order valence-corrected chi connectivity index (χ0v) is 6.66. The van der Waals surface area contributed by atoms with Gasteiger partial charge in [0.05, 0.1) is 6.10 Å². The Morgan fingerprint density at radius 1 is 1.14 bits per heavy atom. The smallest absolute Gasteiger partial charge is 0.0535 e. The minimum Gasteiger partial charge on any atom is -0.393 e. The van der Waals surface area contributed by atoms with Crippen LogP contribution in [-0.4, -0.2) is 11.2 Å². The van der Waals surface area contributed by atoms with E-state index < -0.39 is 0 Å². The molecule has 0 saturated heterocycles. The van der Waals surface area contributed by atoms with Crippen LogP contribution in [0.4, 0.5) is 0 Å². The van der Waals surface area contributed by atoms with E-state index >= 15 is 0 Å². The molecule has 0 radical (unpaired) electrons. The van der Waals surface area contributed by atoms with E-state index in [0.717, 1.165) is 0 Å². The van der Waals surface area contributed by atoms with Crippen molar-refractivity contribution < 1.29 is 26.8 Å². The molecule has 0 aromatic carbocycles. The first-order chi connectivity index (χ1) is 2.64. The van der Waals surface area contributed by atoms with E-state index in [0.29, 0.717) is 5.92 Å². The van der Waals surface area contributed by atoms with E-state index in [2.05, 4.69) is 0 Å². The van der Waals surface area contributed by atoms with Gasteiger partial charge in [0.1, 0.15) is 0 Å². The Hall–Kier alpha value is 0.674. The number of aliphatic hydroxyl groups excluding tert-OH is 1. The largest absolute Gasteiger partial charge is 0.393 e. The van der Waals surface area contributed by atoms with E-state index in [1.54, 1.807) is 6.92 Å². The molecule has 0 bridgehead atoms. The van der Waals surface area contributed by atoms with Crippen molar-refractivity contribution in [3.63, 3.8) is 0 Å². The SMILES string of the molecule is CC(C)C(C)O.[Ti]. The van der Waals surface area contributed by atoms with Gasteiger partial charge in [-0.15, -0.1) is 0 Å². The molecule has 1 N–H and O–H groups in total. The molecule has 0 aromatic heterocycles. The normalized spacial score (nSPS) is 13.3. The minimum absolute atomic E-state index is 0. The Bertz CT molecular complexity index is 29.1. The van der Waals surface area contributed by atoms with Gasteiger partial charge in [0, 0.05) is 21.7 Å². The zero-order valence-electron chi connectivity index (χ0n) is 5.10. The Labute approximate surface area is 60.0 Å². The van der Waals surface area contributed by atoms with Gasteiger partial charge < -0.3 is 5.11 Å². The predicted octanol–water partition coefficient (Wildman–Crippen LogP) is 1.02. The molecule has 0 aliphatic carbocycles. The third kappa shape index (κ3) is 6.67. The summed E-state index contributed by atoms with van der Waals surface area (Å²) in [4.78, 5) is 0. The van der Waals surface area contributed by atoms with Crippen LogP contribution >= 0.6 is 0 Å². The van der Waals surface area contributed by atoms with E-state index in [-0.39, 0.29) is 27.8 Å². The first-order valence-electron chi connectivity index (χ1n) is 2.32. The van der Waals surface area contributed by atoms with E-state index in [1.807, 2.05) is 13.8 Å². The molecule has 0 aliphatic rings. The molecule has 1 nitrogen and oxygen atoms in total. The van der Waals surface area contributed by atoms with Crippen LogP contribution in [0.1, 0.15) is 20.8 Å². The summed E-state index contributed by atoms with van der Waals surface area (Å²) in [5.41, 5.74) is 0. The number of rotatable bonds is 1. The average Bonchev–Trinajstić information content (AvgIpc) is 1.36. The van der Waals surface area contributed by atoms with Crippen LogP contribution in [0.5, 0.6) is 0 Å². The van der Waals surface area contributed by atoms with Crippen molar-refractivity contribution in [1.29, 1.82) is 0 Å². The van der Waals surface area contributed by atoms with Gasteiger partial charge >= 0.3 is 0 Å². The fraction of sp³-hybridized carbons (Fsp3) is 1.00. The Kier molecular flexibility index (Phi) is 7.32. The summed E-state index contributed by atoms with van der Waals surface area (Å²) in [6.45, 7) is 5.78. The molecule has 0 aromatic rings. The number of hydrogen-bond acceptors (Lipinski definition) is 1. The zero-order chi connectivity index (χ0) is 5.15. The van der Waals surface area contributed by atoms with Gasteiger partial charge in [-0.2, -0.15) is 0 Å². The molecule has 0 spiro atoms. The second-order valence-electron chi connectivity index (χ2n) is 1.98. The van der Waals surface area contributed by atoms with E-state index in [4.69, 9.17) is 5.11 Å². The third-order valence-electron chi connectivity index (χ3n) is 0.965. The van der Waals surface area contributed by atoms with Gasteiger partial charge in [-0.05, 0) is 12.8 Å². The Balaban J connectivity index is 0. The summed E-state index contributed by atoms with van der Waals surface area (Å²) in [5, 5.41) is 8.63. The molecule has 1 unspecified atom stereocenters. The summed E-state index contributed by atoms with van der Waals surface area (Å²) in [7, 11) is 0. The van der Waals surface area contributed by atoms with Crippen molar-refractivity contribution in [2.45, 2.75) is 26.9 Å². The van der Waals surface area contributed by atoms with Crippen LogP contribution in [0.15, 0.2) is 0 Å². The molecule has 2 heteroatoms. The van der Waals surface area contributed by atoms with Crippen LogP contribution in [0, 0.1) is 5.92 Å². The van der Waals surface area contributed by atoms with Gasteiger partial charge in [-0.1, -0.05) is 13.8 Å². The van der Waals surface area contributed by atoms with Crippen LogP contribution in [-0.2, 0) is 21.7 Å². The van der Waals surface area contributed by atoms with Gasteiger partial charge in [0.25, 0.3) is 0 Å². The molecular weight excluding hydrogens is 124 g/mol. The van der Waals surface area contributed by atoms with Gasteiger partial charge in [0.2, 0.25) is 0 Å². The first kappa shape index (κ1) is 10.6. The molecule has 42 valence electrons. The van der Waals surface area contributed by atoms with Gasteiger partial charge in [-0.3, -0.25) is 0 Å². The van der Waals surface area contributed by atoms with Gasteiger partial charge in [-0.25, -0.2) is 0 Å². The molecule has 7 heavy (non-hydrogen) atoms. The van der Waals surface area contributed by atoms with E-state index in [9.17, 15) is 0 Å². The molecule has 0 rings (SSSR count). The Morgan fingerprint density at radius 3 is 1.29 bits per heavy atom. The van der Waals surface area contributed by atoms with Crippen molar-refractivity contribution in [2.24, 2.45) is 5.92 Å². The third-order valence-corrected chi connectivity index (χ3v) is 0.965. The van der Waals surface area contributed by atoms with Crippen molar-refractivity contribution in [2.75, 3.05) is 0 Å². The molecule has 1 atom stereocenters. The Morgan fingerprint density at radius 2 is 1.29 bits per heavy atom. The van der Waals surface area contributed by atoms with Crippen LogP contribution < -0.4 is 0 Å². The fourth-order valence-electron chi connectivity index (χ4n) is 0. The second-order valence-corrected chi connectivity index (χ2v) is 1.98. The number of hydrogen-bond donors (Lipinski definition) is 1. The van der Waals surface area contributed by atoms with Crippen LogP contribution in [0.3, 0.4) is 0 Å². The molecule has 0 heterocycles. The number of aliphatic hydroxyl groups is 1. The summed E-state index contributed by atoms with van der Waals surface area (Å²) in [6.07, 6.45) is -0.148. The standard InChI is InChI=1S/C5H12O.Ti/c1-4(2)5(3)6;/h4-6H,1-3H3;. The maximum absolute atomic E-state index is 8.63. The summed E-state index contributed by atoms with van der Waals surface area (Å²) in [6, 6.07) is 0. The van der Waals surface area contributed by atoms with Crippen molar-refractivity contribution in [3.8, 4) is 0 Å². The monoisotopic (exact) mass is 136 g/mol. The molecule has 0 saturated carbocycles. The fourth-order valence-corrected chi connectivity index (χ4v) is 0. The average molecular weight is 136 g/mol. The minimum atomic E-state index is -0.148. The maximum atomic E-state index is 8.63. The molecular formula is C5H12OTi. The molecule has 0 amide bonds. The van der Waals surface area contributed by atoms with E-state index in [1.165, 1.54) is 0 Å². The maximum Gasteiger partial charge on any atom is 0.0535 e. The first-order valence-corrected chi connectivity index (χ1v) is 2.32. The molecule has 0 aliphatic heterocycles. The van der Waals surface area contributed by atoms with Crippen LogP contribution in [0.25, 0.3) is 0 Å². The van der Waals surface area contributed by atoms with Crippen molar-refractivity contribution in [3.05, 3.63) is 0 Å².